The summed E-state index contributed by atoms with van der Waals surface area (Å²) in [6, 6.07) is 0. The largest absolute Gasteiger partial charge is 0.462 e. The Morgan fingerprint density at radius 2 is 0.537 bits per heavy atom. The molecule has 6 heteroatoms. The molecule has 1 atom stereocenters. The van der Waals surface area contributed by atoms with E-state index in [1.165, 1.54) is 173 Å². The summed E-state index contributed by atoms with van der Waals surface area (Å²) in [5, 5.41) is 0. The van der Waals surface area contributed by atoms with Crippen LogP contribution in [0.25, 0.3) is 0 Å². The van der Waals surface area contributed by atoms with Crippen molar-refractivity contribution in [1.82, 2.24) is 0 Å². The van der Waals surface area contributed by atoms with E-state index in [9.17, 15) is 14.4 Å². The number of allylic oxidation sites excluding steroid dienone is 8. The number of ether oxygens (including phenoxy) is 3. The van der Waals surface area contributed by atoms with Crippen LogP contribution in [0, 0.1) is 0 Å². The Balaban J connectivity index is 4.09. The molecule has 0 heterocycles. The molecule has 67 heavy (non-hydrogen) atoms. The summed E-state index contributed by atoms with van der Waals surface area (Å²) in [6.45, 7) is 6.57. The second-order valence-corrected chi connectivity index (χ2v) is 19.6. The Bertz CT molecular complexity index is 1170. The Kier molecular flexibility index (Phi) is 53.8. The van der Waals surface area contributed by atoms with Crippen molar-refractivity contribution in [3.8, 4) is 0 Å². The van der Waals surface area contributed by atoms with Crippen LogP contribution in [-0.2, 0) is 28.6 Å². The second-order valence-electron chi connectivity index (χ2n) is 19.6. The molecule has 0 bridgehead atoms. The zero-order valence-electron chi connectivity index (χ0n) is 44.7. The van der Waals surface area contributed by atoms with Crippen molar-refractivity contribution in [3.63, 3.8) is 0 Å². The molecule has 0 aromatic carbocycles. The van der Waals surface area contributed by atoms with Gasteiger partial charge < -0.3 is 14.2 Å². The van der Waals surface area contributed by atoms with Gasteiger partial charge in [-0.3, -0.25) is 14.4 Å². The highest BCUT2D eigenvalue weighted by Crippen LogP contribution is 2.16. The van der Waals surface area contributed by atoms with Crippen LogP contribution in [0.3, 0.4) is 0 Å². The molecule has 0 spiro atoms. The molecule has 0 rings (SSSR count). The van der Waals surface area contributed by atoms with Crippen LogP contribution in [0.5, 0.6) is 0 Å². The molecule has 0 aliphatic rings. The van der Waals surface area contributed by atoms with Gasteiger partial charge in [-0.15, -0.1) is 0 Å². The molecule has 0 saturated carbocycles. The van der Waals surface area contributed by atoms with Crippen LogP contribution in [0.4, 0.5) is 0 Å². The third-order valence-electron chi connectivity index (χ3n) is 12.8. The van der Waals surface area contributed by atoms with Gasteiger partial charge in [-0.2, -0.15) is 0 Å². The average Bonchev–Trinajstić information content (AvgIpc) is 3.33. The summed E-state index contributed by atoms with van der Waals surface area (Å²) in [4.78, 5) is 37.9. The molecular weight excluding hydrogens is 829 g/mol. The van der Waals surface area contributed by atoms with Crippen molar-refractivity contribution < 1.29 is 28.6 Å². The molecule has 0 saturated heterocycles. The fourth-order valence-electron chi connectivity index (χ4n) is 8.39. The molecule has 0 aromatic rings. The summed E-state index contributed by atoms with van der Waals surface area (Å²) in [5.41, 5.74) is 0. The SMILES string of the molecule is CCCCC/C=C\C/C=C\CCCCCCCC(=O)OC(COC(=O)CCCCCCCCC)COC(=O)CCCCCCCCCCCCCCCCC/C=C\C/C=C\CCCCCCC. The molecule has 6 nitrogen and oxygen atoms in total. The number of carbonyl (C=O) groups excluding carboxylic acids is 3. The molecule has 0 amide bonds. The van der Waals surface area contributed by atoms with E-state index in [1.807, 2.05) is 0 Å². The van der Waals surface area contributed by atoms with Gasteiger partial charge in [-0.05, 0) is 83.5 Å². The topological polar surface area (TPSA) is 78.9 Å². The standard InChI is InChI=1S/C61H110O6/c1-4-7-10-13-16-18-20-22-24-25-26-27-28-29-30-31-32-33-34-35-37-38-40-42-45-48-51-54-60(63)66-57-58(56-65-59(62)53-50-47-44-15-12-9-6-3)67-61(64)55-52-49-46-43-41-39-36-23-21-19-17-14-11-8-5-2/h17,19-20,22-23,25-26,36,58H,4-16,18,21,24,27-35,37-57H2,1-3H3/b19-17-,22-20-,26-25-,36-23-. The lowest BCUT2D eigenvalue weighted by Crippen LogP contribution is -2.30. The zero-order valence-corrected chi connectivity index (χ0v) is 44.7. The van der Waals surface area contributed by atoms with Crippen molar-refractivity contribution in [3.05, 3.63) is 48.6 Å². The Hall–Kier alpha value is -2.63. The maximum absolute atomic E-state index is 12.8. The highest BCUT2D eigenvalue weighted by atomic mass is 16.6. The molecule has 1 unspecified atom stereocenters. The predicted molar refractivity (Wildman–Crippen MR) is 289 cm³/mol. The summed E-state index contributed by atoms with van der Waals surface area (Å²) in [6.07, 6.45) is 68.5. The van der Waals surface area contributed by atoms with Gasteiger partial charge in [-0.1, -0.05) is 249 Å². The van der Waals surface area contributed by atoms with Gasteiger partial charge in [-0.25, -0.2) is 0 Å². The lowest BCUT2D eigenvalue weighted by Gasteiger charge is -2.18. The number of unbranched alkanes of at least 4 members (excludes halogenated alkanes) is 34. The predicted octanol–water partition coefficient (Wildman–Crippen LogP) is 19.4. The van der Waals surface area contributed by atoms with Gasteiger partial charge in [0, 0.05) is 19.3 Å². The first kappa shape index (κ1) is 64.4. The van der Waals surface area contributed by atoms with Crippen molar-refractivity contribution in [2.24, 2.45) is 0 Å². The second kappa shape index (κ2) is 56.0. The minimum absolute atomic E-state index is 0.0763. The van der Waals surface area contributed by atoms with E-state index in [0.29, 0.717) is 19.3 Å². The number of carbonyl (C=O) groups is 3. The van der Waals surface area contributed by atoms with Crippen molar-refractivity contribution >= 4 is 17.9 Å². The Labute approximate surface area is 416 Å². The average molecular weight is 940 g/mol. The van der Waals surface area contributed by atoms with Gasteiger partial charge in [0.25, 0.3) is 0 Å². The zero-order chi connectivity index (χ0) is 48.6. The molecule has 0 aliphatic heterocycles. The molecule has 0 radical (unpaired) electrons. The monoisotopic (exact) mass is 939 g/mol. The Morgan fingerprint density at radius 3 is 0.851 bits per heavy atom. The molecule has 0 aromatic heterocycles. The van der Waals surface area contributed by atoms with E-state index in [2.05, 4.69) is 69.4 Å². The third kappa shape index (κ3) is 54.2. The van der Waals surface area contributed by atoms with E-state index in [4.69, 9.17) is 14.2 Å². The van der Waals surface area contributed by atoms with Gasteiger partial charge in [0.05, 0.1) is 0 Å². The maximum Gasteiger partial charge on any atom is 0.306 e. The van der Waals surface area contributed by atoms with Crippen molar-refractivity contribution in [2.75, 3.05) is 13.2 Å². The van der Waals surface area contributed by atoms with Crippen LogP contribution >= 0.6 is 0 Å². The van der Waals surface area contributed by atoms with Gasteiger partial charge in [0.15, 0.2) is 6.10 Å². The fraction of sp³-hybridized carbons (Fsp3) is 0.820. The van der Waals surface area contributed by atoms with Crippen LogP contribution in [0.1, 0.15) is 303 Å². The molecule has 390 valence electrons. The number of esters is 3. The molecule has 0 aliphatic carbocycles. The summed E-state index contributed by atoms with van der Waals surface area (Å²) in [5.74, 6) is -0.886. The van der Waals surface area contributed by atoms with Crippen LogP contribution in [-0.4, -0.2) is 37.2 Å². The van der Waals surface area contributed by atoms with E-state index in [0.717, 1.165) is 89.9 Å². The highest BCUT2D eigenvalue weighted by molar-refractivity contribution is 5.71. The summed E-state index contributed by atoms with van der Waals surface area (Å²) in [7, 11) is 0. The maximum atomic E-state index is 12.8. The van der Waals surface area contributed by atoms with Crippen molar-refractivity contribution in [1.29, 1.82) is 0 Å². The lowest BCUT2D eigenvalue weighted by atomic mass is 10.0. The fourth-order valence-corrected chi connectivity index (χ4v) is 8.39. The van der Waals surface area contributed by atoms with Gasteiger partial charge >= 0.3 is 17.9 Å². The van der Waals surface area contributed by atoms with Gasteiger partial charge in [0.1, 0.15) is 13.2 Å². The van der Waals surface area contributed by atoms with Crippen LogP contribution < -0.4 is 0 Å². The lowest BCUT2D eigenvalue weighted by molar-refractivity contribution is -0.167. The van der Waals surface area contributed by atoms with Crippen molar-refractivity contribution in [2.45, 2.75) is 309 Å². The minimum atomic E-state index is -0.776. The van der Waals surface area contributed by atoms with E-state index >= 15 is 0 Å². The first-order valence-corrected chi connectivity index (χ1v) is 29.1. The smallest absolute Gasteiger partial charge is 0.306 e. The minimum Gasteiger partial charge on any atom is -0.462 e. The number of hydrogen-bond acceptors (Lipinski definition) is 6. The number of hydrogen-bond donors (Lipinski definition) is 0. The van der Waals surface area contributed by atoms with E-state index in [-0.39, 0.29) is 31.1 Å². The Morgan fingerprint density at radius 1 is 0.299 bits per heavy atom. The van der Waals surface area contributed by atoms with E-state index in [1.54, 1.807) is 0 Å². The molecule has 0 N–H and O–H groups in total. The van der Waals surface area contributed by atoms with Crippen LogP contribution in [0.2, 0.25) is 0 Å². The quantitative estimate of drug-likeness (QED) is 0.0262. The number of rotatable bonds is 53. The van der Waals surface area contributed by atoms with Crippen LogP contribution in [0.15, 0.2) is 48.6 Å². The van der Waals surface area contributed by atoms with E-state index < -0.39 is 6.10 Å². The normalized spacial score (nSPS) is 12.3. The third-order valence-corrected chi connectivity index (χ3v) is 12.8. The van der Waals surface area contributed by atoms with Gasteiger partial charge in [0.2, 0.25) is 0 Å². The molecule has 0 fully saturated rings. The molecular formula is C61H110O6. The summed E-state index contributed by atoms with van der Waals surface area (Å²) >= 11 is 0. The summed E-state index contributed by atoms with van der Waals surface area (Å²) < 4.78 is 16.8. The first-order chi connectivity index (χ1) is 33.0. The first-order valence-electron chi connectivity index (χ1n) is 29.1. The highest BCUT2D eigenvalue weighted by Gasteiger charge is 2.19.